The summed E-state index contributed by atoms with van der Waals surface area (Å²) in [7, 11) is 0. The lowest BCUT2D eigenvalue weighted by molar-refractivity contribution is 0.125. The molecule has 2 atom stereocenters. The molecule has 0 spiro atoms. The first-order chi connectivity index (χ1) is 7.59. The fraction of sp³-hybridized carbons (Fsp3) is 0.571. The van der Waals surface area contributed by atoms with Crippen molar-refractivity contribution in [1.82, 2.24) is 0 Å². The number of aliphatic hydroxyl groups excluding tert-OH is 1. The molecule has 0 radical (unpaired) electrons. The van der Waals surface area contributed by atoms with Gasteiger partial charge in [0.25, 0.3) is 0 Å². The van der Waals surface area contributed by atoms with Crippen LogP contribution in [-0.4, -0.2) is 17.3 Å². The number of hydrogen-bond donors (Lipinski definition) is 2. The predicted octanol–water partition coefficient (Wildman–Crippen LogP) is 2.35. The minimum absolute atomic E-state index is 0.0938. The van der Waals surface area contributed by atoms with Gasteiger partial charge in [0.2, 0.25) is 0 Å². The van der Waals surface area contributed by atoms with Crippen LogP contribution >= 0.6 is 0 Å². The minimum atomic E-state index is -0.386. The van der Waals surface area contributed by atoms with Crippen molar-refractivity contribution in [3.05, 3.63) is 35.9 Å². The van der Waals surface area contributed by atoms with Crippen molar-refractivity contribution in [2.45, 2.75) is 45.3 Å². The third-order valence-corrected chi connectivity index (χ3v) is 2.81. The van der Waals surface area contributed by atoms with Crippen molar-refractivity contribution >= 4 is 0 Å². The fourth-order valence-corrected chi connectivity index (χ4v) is 1.87. The van der Waals surface area contributed by atoms with E-state index in [1.807, 2.05) is 18.2 Å². The maximum Gasteiger partial charge on any atom is 0.0694 e. The molecule has 90 valence electrons. The van der Waals surface area contributed by atoms with Gasteiger partial charge >= 0.3 is 0 Å². The molecular formula is C14H23NO. The SMILES string of the molecule is CC(C)C[C@H](N)[C@@H](O)CCc1ccccc1. The summed E-state index contributed by atoms with van der Waals surface area (Å²) in [4.78, 5) is 0. The highest BCUT2D eigenvalue weighted by Gasteiger charge is 2.15. The van der Waals surface area contributed by atoms with Crippen molar-refractivity contribution in [3.8, 4) is 0 Å². The van der Waals surface area contributed by atoms with Crippen LogP contribution in [0, 0.1) is 5.92 Å². The van der Waals surface area contributed by atoms with Crippen LogP contribution in [-0.2, 0) is 6.42 Å². The largest absolute Gasteiger partial charge is 0.392 e. The van der Waals surface area contributed by atoms with Gasteiger partial charge in [-0.1, -0.05) is 44.2 Å². The van der Waals surface area contributed by atoms with Crippen molar-refractivity contribution in [1.29, 1.82) is 0 Å². The van der Waals surface area contributed by atoms with Crippen LogP contribution in [0.3, 0.4) is 0 Å². The van der Waals surface area contributed by atoms with E-state index in [1.54, 1.807) is 0 Å². The first-order valence-electron chi connectivity index (χ1n) is 6.07. The Morgan fingerprint density at radius 1 is 1.19 bits per heavy atom. The van der Waals surface area contributed by atoms with Gasteiger partial charge < -0.3 is 10.8 Å². The van der Waals surface area contributed by atoms with Crippen LogP contribution in [0.5, 0.6) is 0 Å². The van der Waals surface area contributed by atoms with Gasteiger partial charge in [-0.3, -0.25) is 0 Å². The third kappa shape index (κ3) is 4.77. The first-order valence-corrected chi connectivity index (χ1v) is 6.07. The Morgan fingerprint density at radius 2 is 1.81 bits per heavy atom. The van der Waals surface area contributed by atoms with E-state index in [0.717, 1.165) is 19.3 Å². The van der Waals surface area contributed by atoms with Crippen LogP contribution in [0.2, 0.25) is 0 Å². The molecule has 0 heterocycles. The molecule has 1 rings (SSSR count). The topological polar surface area (TPSA) is 46.2 Å². The highest BCUT2D eigenvalue weighted by Crippen LogP contribution is 2.11. The van der Waals surface area contributed by atoms with Crippen LogP contribution < -0.4 is 5.73 Å². The molecule has 0 amide bonds. The Morgan fingerprint density at radius 3 is 2.38 bits per heavy atom. The maximum absolute atomic E-state index is 9.90. The fourth-order valence-electron chi connectivity index (χ4n) is 1.87. The van der Waals surface area contributed by atoms with E-state index < -0.39 is 0 Å². The summed E-state index contributed by atoms with van der Waals surface area (Å²) in [6.07, 6.45) is 2.14. The number of rotatable bonds is 6. The molecule has 0 saturated carbocycles. The van der Waals surface area contributed by atoms with Crippen LogP contribution in [0.1, 0.15) is 32.3 Å². The summed E-state index contributed by atoms with van der Waals surface area (Å²) in [5, 5.41) is 9.90. The number of benzene rings is 1. The van der Waals surface area contributed by atoms with E-state index in [-0.39, 0.29) is 12.1 Å². The van der Waals surface area contributed by atoms with Gasteiger partial charge in [-0.05, 0) is 30.7 Å². The summed E-state index contributed by atoms with van der Waals surface area (Å²) in [5.41, 5.74) is 7.19. The lowest BCUT2D eigenvalue weighted by Gasteiger charge is -2.20. The summed E-state index contributed by atoms with van der Waals surface area (Å²) >= 11 is 0. The summed E-state index contributed by atoms with van der Waals surface area (Å²) in [6, 6.07) is 10.1. The van der Waals surface area contributed by atoms with Crippen molar-refractivity contribution in [3.63, 3.8) is 0 Å². The Bertz CT molecular complexity index is 284. The lowest BCUT2D eigenvalue weighted by Crippen LogP contribution is -2.36. The van der Waals surface area contributed by atoms with E-state index in [2.05, 4.69) is 26.0 Å². The van der Waals surface area contributed by atoms with Gasteiger partial charge in [0.15, 0.2) is 0 Å². The molecule has 0 aliphatic rings. The molecule has 0 saturated heterocycles. The van der Waals surface area contributed by atoms with E-state index >= 15 is 0 Å². The van der Waals surface area contributed by atoms with Crippen molar-refractivity contribution in [2.75, 3.05) is 0 Å². The quantitative estimate of drug-likeness (QED) is 0.774. The van der Waals surface area contributed by atoms with Crippen LogP contribution in [0.15, 0.2) is 30.3 Å². The zero-order chi connectivity index (χ0) is 12.0. The van der Waals surface area contributed by atoms with E-state index in [4.69, 9.17) is 5.73 Å². The molecule has 0 unspecified atom stereocenters. The maximum atomic E-state index is 9.90. The monoisotopic (exact) mass is 221 g/mol. The molecule has 1 aromatic rings. The third-order valence-electron chi connectivity index (χ3n) is 2.81. The van der Waals surface area contributed by atoms with Gasteiger partial charge in [-0.15, -0.1) is 0 Å². The zero-order valence-electron chi connectivity index (χ0n) is 10.3. The average Bonchev–Trinajstić information content (AvgIpc) is 2.26. The van der Waals surface area contributed by atoms with Gasteiger partial charge in [-0.2, -0.15) is 0 Å². The second-order valence-corrected chi connectivity index (χ2v) is 4.89. The summed E-state index contributed by atoms with van der Waals surface area (Å²) in [5.74, 6) is 0.543. The number of aryl methyl sites for hydroxylation is 1. The number of aliphatic hydroxyl groups is 1. The molecule has 3 N–H and O–H groups in total. The molecule has 0 fully saturated rings. The number of hydrogen-bond acceptors (Lipinski definition) is 2. The molecule has 0 aromatic heterocycles. The van der Waals surface area contributed by atoms with Crippen LogP contribution in [0.4, 0.5) is 0 Å². The molecule has 0 aliphatic heterocycles. The highest BCUT2D eigenvalue weighted by atomic mass is 16.3. The van der Waals surface area contributed by atoms with Crippen molar-refractivity contribution in [2.24, 2.45) is 11.7 Å². The Labute approximate surface area is 98.5 Å². The van der Waals surface area contributed by atoms with Crippen LogP contribution in [0.25, 0.3) is 0 Å². The molecular weight excluding hydrogens is 198 g/mol. The molecule has 0 aliphatic carbocycles. The second-order valence-electron chi connectivity index (χ2n) is 4.89. The predicted molar refractivity (Wildman–Crippen MR) is 68.2 cm³/mol. The first kappa shape index (κ1) is 13.2. The number of nitrogens with two attached hydrogens (primary N) is 1. The van der Waals surface area contributed by atoms with Gasteiger partial charge in [0.1, 0.15) is 0 Å². The minimum Gasteiger partial charge on any atom is -0.392 e. The molecule has 16 heavy (non-hydrogen) atoms. The van der Waals surface area contributed by atoms with E-state index in [9.17, 15) is 5.11 Å². The lowest BCUT2D eigenvalue weighted by atomic mass is 9.96. The van der Waals surface area contributed by atoms with E-state index in [0.29, 0.717) is 5.92 Å². The standard InChI is InChI=1S/C14H23NO/c1-11(2)10-13(15)14(16)9-8-12-6-4-3-5-7-12/h3-7,11,13-14,16H,8-10,15H2,1-2H3/t13-,14-/m0/s1. The van der Waals surface area contributed by atoms with Gasteiger partial charge in [0.05, 0.1) is 6.10 Å². The van der Waals surface area contributed by atoms with E-state index in [1.165, 1.54) is 5.56 Å². The highest BCUT2D eigenvalue weighted by molar-refractivity contribution is 5.14. The Hall–Kier alpha value is -0.860. The average molecular weight is 221 g/mol. The Balaban J connectivity index is 2.32. The molecule has 2 heteroatoms. The molecule has 2 nitrogen and oxygen atoms in total. The molecule has 1 aromatic carbocycles. The zero-order valence-corrected chi connectivity index (χ0v) is 10.3. The summed E-state index contributed by atoms with van der Waals surface area (Å²) < 4.78 is 0. The Kier molecular flexibility index (Phi) is 5.50. The summed E-state index contributed by atoms with van der Waals surface area (Å²) in [6.45, 7) is 4.26. The van der Waals surface area contributed by atoms with Crippen molar-refractivity contribution < 1.29 is 5.11 Å². The van der Waals surface area contributed by atoms with Gasteiger partial charge in [-0.25, -0.2) is 0 Å². The molecule has 0 bridgehead atoms. The smallest absolute Gasteiger partial charge is 0.0694 e. The normalized spacial score (nSPS) is 15.1. The second kappa shape index (κ2) is 6.66. The van der Waals surface area contributed by atoms with Gasteiger partial charge in [0, 0.05) is 6.04 Å².